The molecule has 0 bridgehead atoms. The van der Waals surface area contributed by atoms with Crippen LogP contribution in [-0.4, -0.2) is 13.0 Å². The van der Waals surface area contributed by atoms with E-state index in [-0.39, 0.29) is 4.91 Å². The molecule has 0 spiro atoms. The molecule has 0 fully saturated rings. The average Bonchev–Trinajstić information content (AvgIpc) is 1.79. The van der Waals surface area contributed by atoms with E-state index < -0.39 is 10.1 Å². The summed E-state index contributed by atoms with van der Waals surface area (Å²) in [7, 11) is -4.11. The minimum absolute atomic E-state index is 0.183. The van der Waals surface area contributed by atoms with Gasteiger partial charge in [0.2, 0.25) is 0 Å². The summed E-state index contributed by atoms with van der Waals surface area (Å²) in [5, 5.41) is 0. The molecule has 0 aliphatic rings. The number of rotatable bonds is 2. The van der Waals surface area contributed by atoms with E-state index in [1.807, 2.05) is 0 Å². The SMILES string of the molecule is C/C=C(\C=C(/C)N)S(=O)(=O)O. The van der Waals surface area contributed by atoms with Gasteiger partial charge in [-0.15, -0.1) is 0 Å². The number of hydrogen-bond donors (Lipinski definition) is 2. The number of hydrogen-bond acceptors (Lipinski definition) is 3. The van der Waals surface area contributed by atoms with Gasteiger partial charge in [-0.25, -0.2) is 0 Å². The Bertz CT molecular complexity index is 283. The van der Waals surface area contributed by atoms with E-state index in [9.17, 15) is 8.42 Å². The van der Waals surface area contributed by atoms with Crippen LogP contribution in [0.25, 0.3) is 0 Å². The van der Waals surface area contributed by atoms with Crippen LogP contribution in [0, 0.1) is 0 Å². The first-order valence-electron chi connectivity index (χ1n) is 2.95. The zero-order valence-corrected chi connectivity index (χ0v) is 7.22. The fourth-order valence-corrected chi connectivity index (χ4v) is 1.16. The second-order valence-corrected chi connectivity index (χ2v) is 3.48. The van der Waals surface area contributed by atoms with Crippen molar-refractivity contribution in [2.75, 3.05) is 0 Å². The third kappa shape index (κ3) is 3.79. The van der Waals surface area contributed by atoms with Gasteiger partial charge in [-0.05, 0) is 19.9 Å². The summed E-state index contributed by atoms with van der Waals surface area (Å²) in [4.78, 5) is -0.183. The molecule has 0 saturated heterocycles. The van der Waals surface area contributed by atoms with Crippen LogP contribution in [0.2, 0.25) is 0 Å². The summed E-state index contributed by atoms with van der Waals surface area (Å²) in [5.41, 5.74) is 5.54. The first-order valence-corrected chi connectivity index (χ1v) is 4.39. The average molecular weight is 177 g/mol. The molecule has 0 heterocycles. The van der Waals surface area contributed by atoms with Crippen molar-refractivity contribution in [2.45, 2.75) is 13.8 Å². The molecule has 0 aliphatic heterocycles. The first kappa shape index (κ1) is 10.2. The fraction of sp³-hybridized carbons (Fsp3) is 0.333. The Hall–Kier alpha value is -0.810. The van der Waals surface area contributed by atoms with Crippen molar-refractivity contribution >= 4 is 10.1 Å². The Morgan fingerprint density at radius 1 is 1.55 bits per heavy atom. The van der Waals surface area contributed by atoms with Crippen LogP contribution in [-0.2, 0) is 10.1 Å². The molecule has 0 aliphatic carbocycles. The summed E-state index contributed by atoms with van der Waals surface area (Å²) in [6, 6.07) is 0. The van der Waals surface area contributed by atoms with E-state index in [0.717, 1.165) is 0 Å². The third-order valence-electron chi connectivity index (χ3n) is 0.952. The molecule has 0 aromatic carbocycles. The second kappa shape index (κ2) is 3.54. The minimum atomic E-state index is -4.11. The molecule has 11 heavy (non-hydrogen) atoms. The standard InChI is InChI=1S/C6H11NO3S/c1-3-6(4-5(2)7)11(8,9)10/h3-4H,7H2,1-2H3,(H,8,9,10)/b5-4+,6-3+. The van der Waals surface area contributed by atoms with Gasteiger partial charge in [0.25, 0.3) is 10.1 Å². The summed E-state index contributed by atoms with van der Waals surface area (Å²) < 4.78 is 29.5. The van der Waals surface area contributed by atoms with Crippen molar-refractivity contribution in [1.82, 2.24) is 0 Å². The van der Waals surface area contributed by atoms with E-state index in [1.165, 1.54) is 26.0 Å². The molecule has 0 atom stereocenters. The van der Waals surface area contributed by atoms with Crippen molar-refractivity contribution in [3.05, 3.63) is 22.8 Å². The molecule has 3 N–H and O–H groups in total. The summed E-state index contributed by atoms with van der Waals surface area (Å²) in [6.07, 6.45) is 2.46. The van der Waals surface area contributed by atoms with Crippen LogP contribution >= 0.6 is 0 Å². The largest absolute Gasteiger partial charge is 0.402 e. The smallest absolute Gasteiger partial charge is 0.294 e. The fourth-order valence-electron chi connectivity index (χ4n) is 0.531. The molecule has 0 unspecified atom stereocenters. The summed E-state index contributed by atoms with van der Waals surface area (Å²) in [5.74, 6) is 0. The number of nitrogens with two attached hydrogens (primary N) is 1. The van der Waals surface area contributed by atoms with Crippen LogP contribution in [0.15, 0.2) is 22.8 Å². The molecule has 0 saturated carbocycles. The van der Waals surface area contributed by atoms with E-state index in [1.54, 1.807) is 0 Å². The lowest BCUT2D eigenvalue weighted by molar-refractivity contribution is 0.492. The quantitative estimate of drug-likeness (QED) is 0.479. The molecular formula is C6H11NO3S. The maximum absolute atomic E-state index is 10.5. The van der Waals surface area contributed by atoms with Gasteiger partial charge in [-0.1, -0.05) is 6.08 Å². The lowest BCUT2D eigenvalue weighted by atomic mass is 10.4. The van der Waals surface area contributed by atoms with E-state index in [2.05, 4.69) is 0 Å². The van der Waals surface area contributed by atoms with Crippen LogP contribution < -0.4 is 5.73 Å². The monoisotopic (exact) mass is 177 g/mol. The highest BCUT2D eigenvalue weighted by Crippen LogP contribution is 2.06. The Kier molecular flexibility index (Phi) is 3.28. The Labute approximate surface area is 66.2 Å². The van der Waals surface area contributed by atoms with Crippen LogP contribution in [0.1, 0.15) is 13.8 Å². The zero-order chi connectivity index (χ0) is 9.07. The van der Waals surface area contributed by atoms with Gasteiger partial charge < -0.3 is 5.73 Å². The Morgan fingerprint density at radius 3 is 2.09 bits per heavy atom. The molecule has 64 valence electrons. The van der Waals surface area contributed by atoms with Gasteiger partial charge in [-0.2, -0.15) is 8.42 Å². The Balaban J connectivity index is 4.91. The Morgan fingerprint density at radius 2 is 2.00 bits per heavy atom. The van der Waals surface area contributed by atoms with Gasteiger partial charge in [0.05, 0.1) is 4.91 Å². The van der Waals surface area contributed by atoms with Gasteiger partial charge >= 0.3 is 0 Å². The van der Waals surface area contributed by atoms with Gasteiger partial charge in [0.1, 0.15) is 0 Å². The predicted octanol–water partition coefficient (Wildman–Crippen LogP) is 0.641. The van der Waals surface area contributed by atoms with Crippen LogP contribution in [0.5, 0.6) is 0 Å². The normalized spacial score (nSPS) is 15.2. The lowest BCUT2D eigenvalue weighted by Crippen LogP contribution is -2.01. The van der Waals surface area contributed by atoms with Crippen molar-refractivity contribution < 1.29 is 13.0 Å². The highest BCUT2D eigenvalue weighted by Gasteiger charge is 2.08. The molecular weight excluding hydrogens is 166 g/mol. The molecule has 0 aromatic rings. The molecule has 5 heteroatoms. The van der Waals surface area contributed by atoms with Crippen LogP contribution in [0.4, 0.5) is 0 Å². The molecule has 0 radical (unpaired) electrons. The van der Waals surface area contributed by atoms with Crippen molar-refractivity contribution in [3.8, 4) is 0 Å². The third-order valence-corrected chi connectivity index (χ3v) is 1.90. The zero-order valence-electron chi connectivity index (χ0n) is 6.40. The van der Waals surface area contributed by atoms with E-state index in [0.29, 0.717) is 5.70 Å². The molecule has 0 rings (SSSR count). The van der Waals surface area contributed by atoms with Gasteiger partial charge in [0.15, 0.2) is 0 Å². The maximum atomic E-state index is 10.5. The first-order chi connectivity index (χ1) is 4.88. The maximum Gasteiger partial charge on any atom is 0.294 e. The summed E-state index contributed by atoms with van der Waals surface area (Å²) in [6.45, 7) is 3.04. The number of allylic oxidation sites excluding steroid dienone is 3. The predicted molar refractivity (Wildman–Crippen MR) is 43.3 cm³/mol. The van der Waals surface area contributed by atoms with Crippen LogP contribution in [0.3, 0.4) is 0 Å². The summed E-state index contributed by atoms with van der Waals surface area (Å²) >= 11 is 0. The minimum Gasteiger partial charge on any atom is -0.402 e. The molecule has 4 nitrogen and oxygen atoms in total. The molecule has 0 aromatic heterocycles. The van der Waals surface area contributed by atoms with E-state index >= 15 is 0 Å². The van der Waals surface area contributed by atoms with Crippen molar-refractivity contribution in [1.29, 1.82) is 0 Å². The van der Waals surface area contributed by atoms with Crippen molar-refractivity contribution in [3.63, 3.8) is 0 Å². The van der Waals surface area contributed by atoms with E-state index in [4.69, 9.17) is 10.3 Å². The topological polar surface area (TPSA) is 80.4 Å². The highest BCUT2D eigenvalue weighted by molar-refractivity contribution is 7.90. The van der Waals surface area contributed by atoms with Gasteiger partial charge in [-0.3, -0.25) is 4.55 Å². The highest BCUT2D eigenvalue weighted by atomic mass is 32.2. The lowest BCUT2D eigenvalue weighted by Gasteiger charge is -1.96. The van der Waals surface area contributed by atoms with Gasteiger partial charge in [0, 0.05) is 5.70 Å². The van der Waals surface area contributed by atoms with Crippen molar-refractivity contribution in [2.24, 2.45) is 5.73 Å². The second-order valence-electron chi connectivity index (χ2n) is 2.05. The molecule has 0 amide bonds.